The van der Waals surface area contributed by atoms with Crippen LogP contribution in [0.4, 0.5) is 0 Å². The van der Waals surface area contributed by atoms with Crippen LogP contribution in [0.2, 0.25) is 0 Å². The van der Waals surface area contributed by atoms with Crippen molar-refractivity contribution in [3.63, 3.8) is 0 Å². The van der Waals surface area contributed by atoms with Crippen LogP contribution in [0.25, 0.3) is 11.5 Å². The Morgan fingerprint density at radius 2 is 2.24 bits per heavy atom. The second-order valence-electron chi connectivity index (χ2n) is 4.37. The number of hydrogen-bond donors (Lipinski definition) is 0. The largest absolute Gasteiger partial charge is 0.462 e. The zero-order valence-electron chi connectivity index (χ0n) is 12.0. The van der Waals surface area contributed by atoms with E-state index in [2.05, 4.69) is 22.0 Å². The highest BCUT2D eigenvalue weighted by Gasteiger charge is 2.11. The molecule has 2 rings (SSSR count). The lowest BCUT2D eigenvalue weighted by molar-refractivity contribution is 0.0502. The number of carbonyl (C=O) groups excluding carboxylic acids is 1. The van der Waals surface area contributed by atoms with Crippen LogP contribution in [-0.2, 0) is 4.74 Å². The SMILES string of the molecule is CC#CCCCOC(=O)c1cccc(-c2nnc(C)o2)c1. The Bertz CT molecular complexity index is 680. The van der Waals surface area contributed by atoms with Crippen molar-refractivity contribution in [3.05, 3.63) is 35.7 Å². The Morgan fingerprint density at radius 3 is 2.95 bits per heavy atom. The van der Waals surface area contributed by atoms with Crippen molar-refractivity contribution < 1.29 is 13.9 Å². The second-order valence-corrected chi connectivity index (χ2v) is 4.37. The standard InChI is InChI=1S/C16H16N2O3/c1-3-4-5-6-10-20-16(19)14-9-7-8-13(11-14)15-18-17-12(2)21-15/h7-9,11H,5-6,10H2,1-2H3. The number of carbonyl (C=O) groups is 1. The summed E-state index contributed by atoms with van der Waals surface area (Å²) in [4.78, 5) is 11.9. The van der Waals surface area contributed by atoms with E-state index < -0.39 is 0 Å². The lowest BCUT2D eigenvalue weighted by Crippen LogP contribution is -2.06. The van der Waals surface area contributed by atoms with Crippen LogP contribution < -0.4 is 0 Å². The number of aryl methyl sites for hydroxylation is 1. The van der Waals surface area contributed by atoms with Gasteiger partial charge in [-0.1, -0.05) is 6.07 Å². The van der Waals surface area contributed by atoms with Crippen LogP contribution >= 0.6 is 0 Å². The van der Waals surface area contributed by atoms with Crippen molar-refractivity contribution in [1.29, 1.82) is 0 Å². The Labute approximate surface area is 123 Å². The summed E-state index contributed by atoms with van der Waals surface area (Å²) < 4.78 is 10.5. The summed E-state index contributed by atoms with van der Waals surface area (Å²) in [6, 6.07) is 6.94. The molecule has 5 nitrogen and oxygen atoms in total. The van der Waals surface area contributed by atoms with Crippen molar-refractivity contribution >= 4 is 5.97 Å². The fraction of sp³-hybridized carbons (Fsp3) is 0.312. The second kappa shape index (κ2) is 7.25. The van der Waals surface area contributed by atoms with Gasteiger partial charge in [-0.3, -0.25) is 0 Å². The highest BCUT2D eigenvalue weighted by Crippen LogP contribution is 2.19. The number of ether oxygens (including phenoxy) is 1. The van der Waals surface area contributed by atoms with Gasteiger partial charge in [-0.15, -0.1) is 22.0 Å². The molecular formula is C16H16N2O3. The number of nitrogens with zero attached hydrogens (tertiary/aromatic N) is 2. The minimum Gasteiger partial charge on any atom is -0.462 e. The number of aromatic nitrogens is 2. The molecule has 2 aromatic rings. The molecule has 0 spiro atoms. The molecule has 0 atom stereocenters. The third-order valence-corrected chi connectivity index (χ3v) is 2.73. The third kappa shape index (κ3) is 4.18. The first-order valence-corrected chi connectivity index (χ1v) is 6.68. The lowest BCUT2D eigenvalue weighted by Gasteiger charge is -2.04. The Kier molecular flexibility index (Phi) is 5.10. The molecule has 0 saturated carbocycles. The molecule has 0 saturated heterocycles. The maximum absolute atomic E-state index is 11.9. The van der Waals surface area contributed by atoms with Crippen molar-refractivity contribution in [2.75, 3.05) is 6.61 Å². The molecular weight excluding hydrogens is 268 g/mol. The molecule has 0 aliphatic heterocycles. The minimum absolute atomic E-state index is 0.359. The van der Waals surface area contributed by atoms with E-state index in [9.17, 15) is 4.79 Å². The topological polar surface area (TPSA) is 65.2 Å². The van der Waals surface area contributed by atoms with Crippen LogP contribution in [0.3, 0.4) is 0 Å². The number of rotatable bonds is 5. The van der Waals surface area contributed by atoms with Crippen molar-refractivity contribution in [2.45, 2.75) is 26.7 Å². The molecule has 108 valence electrons. The number of hydrogen-bond acceptors (Lipinski definition) is 5. The molecule has 0 amide bonds. The molecule has 0 N–H and O–H groups in total. The van der Waals surface area contributed by atoms with Gasteiger partial charge in [0.2, 0.25) is 11.8 Å². The molecule has 1 aromatic heterocycles. The van der Waals surface area contributed by atoms with Crippen molar-refractivity contribution in [3.8, 4) is 23.3 Å². The van der Waals surface area contributed by atoms with Crippen LogP contribution in [0.15, 0.2) is 28.7 Å². The van der Waals surface area contributed by atoms with Gasteiger partial charge in [0.1, 0.15) is 0 Å². The molecule has 0 unspecified atom stereocenters. The van der Waals surface area contributed by atoms with E-state index in [-0.39, 0.29) is 5.97 Å². The maximum Gasteiger partial charge on any atom is 0.338 e. The van der Waals surface area contributed by atoms with Crippen molar-refractivity contribution in [1.82, 2.24) is 10.2 Å². The fourth-order valence-corrected chi connectivity index (χ4v) is 1.73. The molecule has 1 aromatic carbocycles. The molecule has 0 radical (unpaired) electrons. The highest BCUT2D eigenvalue weighted by atomic mass is 16.5. The van der Waals surface area contributed by atoms with E-state index in [0.717, 1.165) is 12.8 Å². The average molecular weight is 284 g/mol. The Balaban J connectivity index is 1.99. The number of unbranched alkanes of at least 4 members (excludes halogenated alkanes) is 1. The molecule has 0 aliphatic rings. The Morgan fingerprint density at radius 1 is 1.38 bits per heavy atom. The highest BCUT2D eigenvalue weighted by molar-refractivity contribution is 5.90. The fourth-order valence-electron chi connectivity index (χ4n) is 1.73. The molecule has 1 heterocycles. The summed E-state index contributed by atoms with van der Waals surface area (Å²) in [7, 11) is 0. The third-order valence-electron chi connectivity index (χ3n) is 2.73. The first kappa shape index (κ1) is 14.8. The first-order valence-electron chi connectivity index (χ1n) is 6.68. The summed E-state index contributed by atoms with van der Waals surface area (Å²) in [5.74, 6) is 6.23. The molecule has 0 fully saturated rings. The average Bonchev–Trinajstić information content (AvgIpc) is 2.93. The number of esters is 1. The monoisotopic (exact) mass is 284 g/mol. The predicted octanol–water partition coefficient (Wildman–Crippen LogP) is 3.01. The normalized spacial score (nSPS) is 9.81. The van der Waals surface area contributed by atoms with Gasteiger partial charge >= 0.3 is 5.97 Å². The first-order chi connectivity index (χ1) is 10.2. The van der Waals surface area contributed by atoms with Gasteiger partial charge in [0, 0.05) is 18.9 Å². The van der Waals surface area contributed by atoms with Gasteiger partial charge in [0.25, 0.3) is 0 Å². The zero-order valence-corrected chi connectivity index (χ0v) is 12.0. The van der Waals surface area contributed by atoms with Gasteiger partial charge in [-0.05, 0) is 31.5 Å². The van der Waals surface area contributed by atoms with Gasteiger partial charge in [-0.2, -0.15) is 0 Å². The van der Waals surface area contributed by atoms with Gasteiger partial charge in [0.15, 0.2) is 0 Å². The summed E-state index contributed by atoms with van der Waals surface area (Å²) in [5, 5.41) is 7.70. The smallest absolute Gasteiger partial charge is 0.338 e. The molecule has 0 aliphatic carbocycles. The lowest BCUT2D eigenvalue weighted by atomic mass is 10.1. The maximum atomic E-state index is 11.9. The van der Waals surface area contributed by atoms with Crippen molar-refractivity contribution in [2.24, 2.45) is 0 Å². The molecule has 0 bridgehead atoms. The van der Waals surface area contributed by atoms with Crippen LogP contribution in [-0.4, -0.2) is 22.8 Å². The van der Waals surface area contributed by atoms with E-state index in [4.69, 9.17) is 9.15 Å². The summed E-state index contributed by atoms with van der Waals surface area (Å²) in [5.41, 5.74) is 1.16. The summed E-state index contributed by atoms with van der Waals surface area (Å²) >= 11 is 0. The molecule has 21 heavy (non-hydrogen) atoms. The van der Waals surface area contributed by atoms with Crippen LogP contribution in [0.1, 0.15) is 36.0 Å². The zero-order chi connectivity index (χ0) is 15.1. The van der Waals surface area contributed by atoms with Gasteiger partial charge in [-0.25, -0.2) is 4.79 Å². The summed E-state index contributed by atoms with van der Waals surface area (Å²) in [6.07, 6.45) is 1.46. The molecule has 5 heteroatoms. The van der Waals surface area contributed by atoms with E-state index in [1.807, 2.05) is 0 Å². The van der Waals surface area contributed by atoms with E-state index in [1.165, 1.54) is 0 Å². The van der Waals surface area contributed by atoms with Gasteiger partial charge < -0.3 is 9.15 Å². The minimum atomic E-state index is -0.363. The van der Waals surface area contributed by atoms with Gasteiger partial charge in [0.05, 0.1) is 12.2 Å². The van der Waals surface area contributed by atoms with Crippen LogP contribution in [0, 0.1) is 18.8 Å². The van der Waals surface area contributed by atoms with E-state index in [0.29, 0.717) is 29.5 Å². The van der Waals surface area contributed by atoms with E-state index in [1.54, 1.807) is 38.1 Å². The van der Waals surface area contributed by atoms with E-state index >= 15 is 0 Å². The number of benzene rings is 1. The summed E-state index contributed by atoms with van der Waals surface area (Å²) in [6.45, 7) is 3.86. The Hall–Kier alpha value is -2.61. The predicted molar refractivity (Wildman–Crippen MR) is 77.4 cm³/mol. The van der Waals surface area contributed by atoms with Crippen LogP contribution in [0.5, 0.6) is 0 Å². The quantitative estimate of drug-likeness (QED) is 0.479.